The molecule has 0 spiro atoms. The number of imidazole rings is 1. The molecule has 0 unspecified atom stereocenters. The number of carbonyl (C=O) groups excluding carboxylic acids is 1. The van der Waals surface area contributed by atoms with Crippen LogP contribution in [0.25, 0.3) is 10.9 Å². The average molecular weight is 427 g/mol. The zero-order valence-electron chi connectivity index (χ0n) is 17.8. The summed E-state index contributed by atoms with van der Waals surface area (Å²) in [6.07, 6.45) is 7.56. The molecule has 1 aliphatic heterocycles. The van der Waals surface area contributed by atoms with Crippen LogP contribution in [-0.2, 0) is 6.54 Å². The predicted octanol–water partition coefficient (Wildman–Crippen LogP) is 3.21. The Kier molecular flexibility index (Phi) is 5.43. The minimum atomic E-state index is -0.738. The van der Waals surface area contributed by atoms with Crippen LogP contribution in [0.3, 0.4) is 0 Å². The number of nitrogens with zero attached hydrogens (tertiary/aromatic N) is 3. The molecule has 2 aromatic heterocycles. The van der Waals surface area contributed by atoms with Crippen LogP contribution in [0.15, 0.2) is 29.7 Å². The first-order valence-electron chi connectivity index (χ1n) is 10.3. The molecule has 0 radical (unpaired) electrons. The number of nitrogens with one attached hydrogen (secondary N) is 1. The van der Waals surface area contributed by atoms with Crippen LogP contribution in [-0.4, -0.2) is 33.1 Å². The summed E-state index contributed by atoms with van der Waals surface area (Å²) in [7, 11) is 0. The first-order valence-corrected chi connectivity index (χ1v) is 10.3. The summed E-state index contributed by atoms with van der Waals surface area (Å²) in [6.45, 7) is 6.86. The number of halogens is 1. The fourth-order valence-corrected chi connectivity index (χ4v) is 4.04. The van der Waals surface area contributed by atoms with Crippen molar-refractivity contribution >= 4 is 28.1 Å². The van der Waals surface area contributed by atoms with Crippen LogP contribution in [0.4, 0.5) is 15.8 Å². The highest BCUT2D eigenvalue weighted by molar-refractivity contribution is 6.04. The van der Waals surface area contributed by atoms with E-state index in [1.165, 1.54) is 6.92 Å². The van der Waals surface area contributed by atoms with Gasteiger partial charge in [-0.05, 0) is 19.3 Å². The third kappa shape index (κ3) is 3.54. The van der Waals surface area contributed by atoms with Gasteiger partial charge < -0.3 is 24.9 Å². The number of ether oxygens (including phenoxy) is 1. The number of hydrogen-bond acceptors (Lipinski definition) is 6. The lowest BCUT2D eigenvalue weighted by Crippen LogP contribution is -2.31. The molecule has 9 heteroatoms. The number of rotatable bonds is 7. The minimum absolute atomic E-state index is 0.00172. The van der Waals surface area contributed by atoms with Crippen LogP contribution >= 0.6 is 0 Å². The van der Waals surface area contributed by atoms with E-state index in [4.69, 9.17) is 10.5 Å². The quantitative estimate of drug-likeness (QED) is 0.341. The number of aromatic nitrogens is 3. The van der Waals surface area contributed by atoms with Gasteiger partial charge in [0.15, 0.2) is 17.3 Å². The molecule has 3 N–H and O–H groups in total. The highest BCUT2D eigenvalue weighted by atomic mass is 19.1. The topological polar surface area (TPSA) is 104 Å². The second-order valence-corrected chi connectivity index (χ2v) is 8.19. The van der Waals surface area contributed by atoms with Crippen molar-refractivity contribution in [1.29, 1.82) is 0 Å². The summed E-state index contributed by atoms with van der Waals surface area (Å²) in [5.41, 5.74) is 5.82. The molecule has 0 amide bonds. The molecule has 1 aromatic carbocycles. The molecule has 1 aliphatic rings. The number of Topliss-reactive ketones (excluding diaryl/α,β-unsaturated/α-hetero) is 1. The Morgan fingerprint density at radius 2 is 2.23 bits per heavy atom. The van der Waals surface area contributed by atoms with Gasteiger partial charge in [-0.25, -0.2) is 9.37 Å². The molecular weight excluding hydrogens is 401 g/mol. The maximum Gasteiger partial charge on any atom is 0.202 e. The molecule has 3 heterocycles. The van der Waals surface area contributed by atoms with Crippen LogP contribution in [0.1, 0.15) is 43.6 Å². The van der Waals surface area contributed by atoms with Gasteiger partial charge in [-0.2, -0.15) is 0 Å². The fraction of sp³-hybridized carbons (Fsp3) is 0.409. The number of nitrogen functional groups attached to an aromatic ring is 1. The highest BCUT2D eigenvalue weighted by Gasteiger charge is 2.32. The summed E-state index contributed by atoms with van der Waals surface area (Å²) < 4.78 is 25.0. The standard InChI is InChI=1S/C22H26FN5O3/c1-12(2)15-10-31-22-19(26-5-4-7-27-8-6-25-11-27)17(23)18(24)16-20(22)28(15)9-14(13(3)29)21(16)30/h6,8-9,11-12,15,26H,4-5,7,10,24H2,1-3H3/t15-/m1/s1. The summed E-state index contributed by atoms with van der Waals surface area (Å²) in [5, 5.41) is 3.09. The second kappa shape index (κ2) is 8.05. The van der Waals surface area contributed by atoms with E-state index in [2.05, 4.69) is 10.3 Å². The molecule has 0 saturated carbocycles. The molecule has 31 heavy (non-hydrogen) atoms. The predicted molar refractivity (Wildman–Crippen MR) is 117 cm³/mol. The molecule has 3 aromatic rings. The number of nitrogens with two attached hydrogens (primary N) is 1. The number of aryl methyl sites for hydroxylation is 1. The Bertz CT molecular complexity index is 1200. The van der Waals surface area contributed by atoms with Gasteiger partial charge >= 0.3 is 0 Å². The van der Waals surface area contributed by atoms with E-state index < -0.39 is 11.2 Å². The summed E-state index contributed by atoms with van der Waals surface area (Å²) in [6, 6.07) is -0.118. The first-order chi connectivity index (χ1) is 14.8. The smallest absolute Gasteiger partial charge is 0.202 e. The van der Waals surface area contributed by atoms with E-state index >= 15 is 4.39 Å². The highest BCUT2D eigenvalue weighted by Crippen LogP contribution is 2.44. The minimum Gasteiger partial charge on any atom is -0.487 e. The van der Waals surface area contributed by atoms with Gasteiger partial charge in [0.1, 0.15) is 12.3 Å². The summed E-state index contributed by atoms with van der Waals surface area (Å²) in [5.74, 6) is -0.699. The molecular formula is C22H26FN5O3. The van der Waals surface area contributed by atoms with Gasteiger partial charge in [0.05, 0.1) is 34.5 Å². The van der Waals surface area contributed by atoms with Crippen molar-refractivity contribution in [1.82, 2.24) is 14.1 Å². The third-order valence-electron chi connectivity index (χ3n) is 5.76. The number of pyridine rings is 1. The lowest BCUT2D eigenvalue weighted by Gasteiger charge is -2.33. The number of carbonyl (C=O) groups is 1. The van der Waals surface area contributed by atoms with Crippen molar-refractivity contribution in [3.63, 3.8) is 0 Å². The van der Waals surface area contributed by atoms with Crippen molar-refractivity contribution in [3.8, 4) is 5.75 Å². The van der Waals surface area contributed by atoms with Crippen LogP contribution < -0.4 is 21.2 Å². The average Bonchev–Trinajstić information content (AvgIpc) is 3.24. The van der Waals surface area contributed by atoms with Gasteiger partial charge in [0.2, 0.25) is 5.43 Å². The van der Waals surface area contributed by atoms with Crippen molar-refractivity contribution in [2.75, 3.05) is 24.2 Å². The second-order valence-electron chi connectivity index (χ2n) is 8.19. The van der Waals surface area contributed by atoms with Gasteiger partial charge in [-0.1, -0.05) is 13.8 Å². The van der Waals surface area contributed by atoms with Gasteiger partial charge in [-0.3, -0.25) is 9.59 Å². The zero-order valence-corrected chi connectivity index (χ0v) is 17.8. The Morgan fingerprint density at radius 3 is 2.87 bits per heavy atom. The van der Waals surface area contributed by atoms with E-state index in [9.17, 15) is 9.59 Å². The Morgan fingerprint density at radius 1 is 1.45 bits per heavy atom. The molecule has 164 valence electrons. The molecule has 0 aliphatic carbocycles. The molecule has 0 saturated heterocycles. The number of ketones is 1. The number of anilines is 2. The Hall–Kier alpha value is -3.36. The summed E-state index contributed by atoms with van der Waals surface area (Å²) in [4.78, 5) is 29.1. The van der Waals surface area contributed by atoms with Crippen molar-refractivity contribution in [2.45, 2.75) is 39.8 Å². The maximum atomic E-state index is 15.3. The largest absolute Gasteiger partial charge is 0.487 e. The molecule has 8 nitrogen and oxygen atoms in total. The number of hydrogen-bond donors (Lipinski definition) is 2. The normalized spacial score (nSPS) is 15.3. The zero-order chi connectivity index (χ0) is 22.3. The van der Waals surface area contributed by atoms with Gasteiger partial charge in [-0.15, -0.1) is 0 Å². The molecule has 4 rings (SSSR count). The van der Waals surface area contributed by atoms with E-state index in [-0.39, 0.29) is 45.8 Å². The third-order valence-corrected chi connectivity index (χ3v) is 5.76. The first kappa shape index (κ1) is 20.9. The van der Waals surface area contributed by atoms with Crippen LogP contribution in [0.2, 0.25) is 0 Å². The van der Waals surface area contributed by atoms with Crippen molar-refractivity contribution in [2.24, 2.45) is 5.92 Å². The molecule has 1 atom stereocenters. The lowest BCUT2D eigenvalue weighted by molar-refractivity contribution is 0.101. The van der Waals surface area contributed by atoms with E-state index in [0.717, 1.165) is 13.0 Å². The maximum absolute atomic E-state index is 15.3. The van der Waals surface area contributed by atoms with Crippen LogP contribution in [0.5, 0.6) is 5.75 Å². The fourth-order valence-electron chi connectivity index (χ4n) is 4.04. The van der Waals surface area contributed by atoms with Crippen molar-refractivity contribution in [3.05, 3.63) is 46.5 Å². The molecule has 0 fully saturated rings. The van der Waals surface area contributed by atoms with Crippen molar-refractivity contribution < 1.29 is 13.9 Å². The Labute approximate surface area is 178 Å². The SMILES string of the molecule is CC(=O)c1cn2c3c(c(NCCCn4ccnc4)c(F)c(N)c3c1=O)OC[C@@H]2C(C)C. The molecule has 0 bridgehead atoms. The van der Waals surface area contributed by atoms with E-state index in [0.29, 0.717) is 18.7 Å². The van der Waals surface area contributed by atoms with Crippen LogP contribution in [0, 0.1) is 11.7 Å². The Balaban J connectivity index is 1.82. The van der Waals surface area contributed by atoms with E-state index in [1.807, 2.05) is 29.2 Å². The van der Waals surface area contributed by atoms with Gasteiger partial charge in [0, 0.05) is 31.7 Å². The van der Waals surface area contributed by atoms with Gasteiger partial charge in [0.25, 0.3) is 0 Å². The van der Waals surface area contributed by atoms with E-state index in [1.54, 1.807) is 18.7 Å². The summed E-state index contributed by atoms with van der Waals surface area (Å²) >= 11 is 0. The lowest BCUT2D eigenvalue weighted by atomic mass is 9.98. The number of benzene rings is 1. The monoisotopic (exact) mass is 427 g/mol.